The molecule has 20 heavy (non-hydrogen) atoms. The van der Waals surface area contributed by atoms with Crippen LogP contribution in [0, 0.1) is 0 Å². The predicted octanol–water partition coefficient (Wildman–Crippen LogP) is 2.86. The minimum absolute atomic E-state index is 0.569. The lowest BCUT2D eigenvalue weighted by Gasteiger charge is -1.93. The smallest absolute Gasteiger partial charge is 0.158 e. The Morgan fingerprint density at radius 2 is 2.05 bits per heavy atom. The van der Waals surface area contributed by atoms with Crippen LogP contribution in [0.2, 0.25) is 0 Å². The lowest BCUT2D eigenvalue weighted by Crippen LogP contribution is -1.98. The summed E-state index contributed by atoms with van der Waals surface area (Å²) in [6, 6.07) is 11.9. The summed E-state index contributed by atoms with van der Waals surface area (Å²) in [6.45, 7) is 0.569. The van der Waals surface area contributed by atoms with Crippen molar-refractivity contribution in [3.63, 3.8) is 0 Å². The van der Waals surface area contributed by atoms with Crippen molar-refractivity contribution in [2.75, 3.05) is 0 Å². The molecule has 1 saturated carbocycles. The molecule has 1 aliphatic carbocycles. The highest BCUT2D eigenvalue weighted by molar-refractivity contribution is 5.58. The van der Waals surface area contributed by atoms with Crippen molar-refractivity contribution >= 4 is 0 Å². The van der Waals surface area contributed by atoms with E-state index in [4.69, 9.17) is 4.52 Å². The molecule has 1 aromatic carbocycles. The maximum absolute atomic E-state index is 5.37. The molecule has 0 aliphatic heterocycles. The van der Waals surface area contributed by atoms with E-state index in [9.17, 15) is 0 Å². The van der Waals surface area contributed by atoms with Gasteiger partial charge in [-0.3, -0.25) is 0 Å². The molecular weight excluding hydrogens is 252 g/mol. The van der Waals surface area contributed by atoms with Gasteiger partial charge in [-0.1, -0.05) is 40.7 Å². The first-order valence-corrected chi connectivity index (χ1v) is 6.79. The third-order valence-corrected chi connectivity index (χ3v) is 3.50. The summed E-state index contributed by atoms with van der Waals surface area (Å²) >= 11 is 0. The Bertz CT molecular complexity index is 712. The first kappa shape index (κ1) is 11.4. The number of hydrogen-bond donors (Lipinski definition) is 0. The Kier molecular flexibility index (Phi) is 2.62. The summed E-state index contributed by atoms with van der Waals surface area (Å²) in [5.74, 6) is 1.41. The molecule has 5 heteroatoms. The Balaban J connectivity index is 1.52. The number of benzene rings is 1. The molecule has 3 aromatic rings. The van der Waals surface area contributed by atoms with Gasteiger partial charge in [-0.25, -0.2) is 4.68 Å². The Hall–Kier alpha value is -2.43. The molecule has 100 valence electrons. The maximum Gasteiger partial charge on any atom is 0.158 e. The second-order valence-electron chi connectivity index (χ2n) is 5.16. The highest BCUT2D eigenvalue weighted by atomic mass is 16.5. The van der Waals surface area contributed by atoms with Crippen LogP contribution in [0.1, 0.15) is 30.2 Å². The van der Waals surface area contributed by atoms with Crippen molar-refractivity contribution in [3.05, 3.63) is 54.0 Å². The minimum Gasteiger partial charge on any atom is -0.359 e. The van der Waals surface area contributed by atoms with Gasteiger partial charge >= 0.3 is 0 Å². The van der Waals surface area contributed by atoms with E-state index in [-0.39, 0.29) is 0 Å². The lowest BCUT2D eigenvalue weighted by atomic mass is 10.1. The highest BCUT2D eigenvalue weighted by Gasteiger charge is 2.26. The molecule has 2 heterocycles. The summed E-state index contributed by atoms with van der Waals surface area (Å²) in [6.07, 6.45) is 4.47. The molecule has 1 fully saturated rings. The molecule has 0 unspecified atom stereocenters. The first-order valence-electron chi connectivity index (χ1n) is 6.79. The third kappa shape index (κ3) is 2.22. The van der Waals surface area contributed by atoms with Gasteiger partial charge in [0.05, 0.1) is 5.69 Å². The molecular formula is C15H14N4O. The van der Waals surface area contributed by atoms with Crippen LogP contribution in [0.5, 0.6) is 0 Å². The van der Waals surface area contributed by atoms with Crippen LogP contribution in [0.25, 0.3) is 11.3 Å². The summed E-state index contributed by atoms with van der Waals surface area (Å²) in [5, 5.41) is 12.4. The van der Waals surface area contributed by atoms with Crippen LogP contribution in [0.15, 0.2) is 47.1 Å². The Morgan fingerprint density at radius 1 is 1.20 bits per heavy atom. The van der Waals surface area contributed by atoms with Crippen molar-refractivity contribution in [1.82, 2.24) is 20.2 Å². The van der Waals surface area contributed by atoms with Crippen molar-refractivity contribution < 1.29 is 4.52 Å². The topological polar surface area (TPSA) is 56.7 Å². The molecule has 0 bridgehead atoms. The number of aromatic nitrogens is 4. The first-order chi connectivity index (χ1) is 9.88. The summed E-state index contributed by atoms with van der Waals surface area (Å²) < 4.78 is 7.18. The van der Waals surface area contributed by atoms with Gasteiger partial charge in [0.25, 0.3) is 0 Å². The molecule has 5 nitrogen and oxygen atoms in total. The molecule has 0 amide bonds. The van der Waals surface area contributed by atoms with Gasteiger partial charge in [-0.05, 0) is 12.8 Å². The average molecular weight is 266 g/mol. The van der Waals surface area contributed by atoms with Gasteiger partial charge in [0, 0.05) is 23.7 Å². The lowest BCUT2D eigenvalue weighted by molar-refractivity contribution is 0.372. The van der Waals surface area contributed by atoms with E-state index in [0.717, 1.165) is 22.7 Å². The fourth-order valence-electron chi connectivity index (χ4n) is 2.25. The van der Waals surface area contributed by atoms with Crippen LogP contribution >= 0.6 is 0 Å². The SMILES string of the molecule is c1ccc(-c2cc(Cn3cc(C4CC4)nn3)on2)cc1. The second kappa shape index (κ2) is 4.59. The van der Waals surface area contributed by atoms with Gasteiger partial charge in [-0.15, -0.1) is 5.10 Å². The van der Waals surface area contributed by atoms with Crippen LogP contribution in [0.3, 0.4) is 0 Å². The van der Waals surface area contributed by atoms with Crippen molar-refractivity contribution in [2.45, 2.75) is 25.3 Å². The van der Waals surface area contributed by atoms with Gasteiger partial charge in [0.2, 0.25) is 0 Å². The quantitative estimate of drug-likeness (QED) is 0.728. The Labute approximate surface area is 116 Å². The zero-order chi connectivity index (χ0) is 13.4. The number of hydrogen-bond acceptors (Lipinski definition) is 4. The van der Waals surface area contributed by atoms with Crippen LogP contribution < -0.4 is 0 Å². The molecule has 2 aromatic heterocycles. The molecule has 0 atom stereocenters. The van der Waals surface area contributed by atoms with E-state index in [2.05, 4.69) is 15.5 Å². The van der Waals surface area contributed by atoms with Gasteiger partial charge in [-0.2, -0.15) is 0 Å². The van der Waals surface area contributed by atoms with E-state index < -0.39 is 0 Å². The normalized spacial score (nSPS) is 14.6. The molecule has 0 radical (unpaired) electrons. The molecule has 4 rings (SSSR count). The van der Waals surface area contributed by atoms with E-state index in [1.54, 1.807) is 0 Å². The summed E-state index contributed by atoms with van der Waals surface area (Å²) in [4.78, 5) is 0. The number of nitrogens with zero attached hydrogens (tertiary/aromatic N) is 4. The monoisotopic (exact) mass is 266 g/mol. The largest absolute Gasteiger partial charge is 0.359 e. The van der Waals surface area contributed by atoms with Gasteiger partial charge in [0.1, 0.15) is 12.2 Å². The van der Waals surface area contributed by atoms with Gasteiger partial charge in [0.15, 0.2) is 5.76 Å². The third-order valence-electron chi connectivity index (χ3n) is 3.50. The van der Waals surface area contributed by atoms with E-state index in [1.165, 1.54) is 12.8 Å². The van der Waals surface area contributed by atoms with Crippen molar-refractivity contribution in [3.8, 4) is 11.3 Å². The van der Waals surface area contributed by atoms with E-state index >= 15 is 0 Å². The fourth-order valence-corrected chi connectivity index (χ4v) is 2.25. The predicted molar refractivity (Wildman–Crippen MR) is 73.0 cm³/mol. The van der Waals surface area contributed by atoms with E-state index in [1.807, 2.05) is 47.3 Å². The molecule has 1 aliphatic rings. The minimum atomic E-state index is 0.569. The van der Waals surface area contributed by atoms with Crippen LogP contribution in [-0.2, 0) is 6.54 Å². The van der Waals surface area contributed by atoms with Crippen LogP contribution in [-0.4, -0.2) is 20.2 Å². The summed E-state index contributed by atoms with van der Waals surface area (Å²) in [5.41, 5.74) is 3.00. The molecule has 0 spiro atoms. The van der Waals surface area contributed by atoms with Crippen molar-refractivity contribution in [1.29, 1.82) is 0 Å². The standard InChI is InChI=1S/C15H14N4O/c1-2-4-11(5-3-1)14-8-13(20-17-14)9-19-10-15(16-18-19)12-6-7-12/h1-5,8,10,12H,6-7,9H2. The number of rotatable bonds is 4. The fraction of sp³-hybridized carbons (Fsp3) is 0.267. The van der Waals surface area contributed by atoms with E-state index in [0.29, 0.717) is 12.5 Å². The zero-order valence-electron chi connectivity index (χ0n) is 10.9. The Morgan fingerprint density at radius 3 is 2.85 bits per heavy atom. The van der Waals surface area contributed by atoms with Crippen molar-refractivity contribution in [2.24, 2.45) is 0 Å². The summed E-state index contributed by atoms with van der Waals surface area (Å²) in [7, 11) is 0. The highest BCUT2D eigenvalue weighted by Crippen LogP contribution is 2.38. The zero-order valence-corrected chi connectivity index (χ0v) is 10.9. The average Bonchev–Trinajstić information content (AvgIpc) is 3.06. The van der Waals surface area contributed by atoms with Crippen LogP contribution in [0.4, 0.5) is 0 Å². The van der Waals surface area contributed by atoms with Gasteiger partial charge < -0.3 is 4.52 Å². The maximum atomic E-state index is 5.37. The molecule has 0 N–H and O–H groups in total. The second-order valence-corrected chi connectivity index (χ2v) is 5.16. The molecule has 0 saturated heterocycles.